The van der Waals surface area contributed by atoms with Gasteiger partial charge < -0.3 is 14.2 Å². The van der Waals surface area contributed by atoms with Crippen molar-refractivity contribution in [1.82, 2.24) is 0 Å². The first kappa shape index (κ1) is 69.6. The molecule has 0 saturated heterocycles. The first-order valence-electron chi connectivity index (χ1n) is 31.1. The van der Waals surface area contributed by atoms with Gasteiger partial charge in [0.25, 0.3) is 0 Å². The van der Waals surface area contributed by atoms with Gasteiger partial charge in [-0.3, -0.25) is 14.4 Å². The number of rotatable bonds is 56. The number of esters is 3. The maximum absolute atomic E-state index is 12.9. The summed E-state index contributed by atoms with van der Waals surface area (Å²) in [5.74, 6) is -0.977. The highest BCUT2D eigenvalue weighted by Crippen LogP contribution is 2.16. The first-order valence-corrected chi connectivity index (χ1v) is 31.1. The van der Waals surface area contributed by atoms with Crippen molar-refractivity contribution in [3.05, 3.63) is 85.1 Å². The molecular formula is C67H116O6. The van der Waals surface area contributed by atoms with E-state index < -0.39 is 6.10 Å². The number of carbonyl (C=O) groups is 3. The molecule has 0 saturated carbocycles. The van der Waals surface area contributed by atoms with Crippen LogP contribution in [0.3, 0.4) is 0 Å². The summed E-state index contributed by atoms with van der Waals surface area (Å²) in [6, 6.07) is 0. The third-order valence-corrected chi connectivity index (χ3v) is 13.4. The molecule has 0 aromatic heterocycles. The molecule has 6 heteroatoms. The van der Waals surface area contributed by atoms with Gasteiger partial charge in [0, 0.05) is 19.3 Å². The van der Waals surface area contributed by atoms with Crippen molar-refractivity contribution < 1.29 is 28.6 Å². The summed E-state index contributed by atoms with van der Waals surface area (Å²) in [6.07, 6.45) is 80.2. The van der Waals surface area contributed by atoms with Crippen molar-refractivity contribution in [2.45, 2.75) is 309 Å². The van der Waals surface area contributed by atoms with E-state index in [-0.39, 0.29) is 37.5 Å². The summed E-state index contributed by atoms with van der Waals surface area (Å²) in [4.78, 5) is 38.3. The Kier molecular flexibility index (Phi) is 58.3. The van der Waals surface area contributed by atoms with Crippen LogP contribution in [0.5, 0.6) is 0 Å². The predicted molar refractivity (Wildman–Crippen MR) is 316 cm³/mol. The molecule has 6 nitrogen and oxygen atoms in total. The van der Waals surface area contributed by atoms with Crippen molar-refractivity contribution >= 4 is 17.9 Å². The molecule has 420 valence electrons. The van der Waals surface area contributed by atoms with Crippen LogP contribution < -0.4 is 0 Å². The normalized spacial score (nSPS) is 12.6. The lowest BCUT2D eigenvalue weighted by Gasteiger charge is -2.18. The van der Waals surface area contributed by atoms with Crippen LogP contribution in [0.2, 0.25) is 0 Å². The Hall–Kier alpha value is -3.41. The second-order valence-corrected chi connectivity index (χ2v) is 20.6. The van der Waals surface area contributed by atoms with Crippen molar-refractivity contribution in [3.8, 4) is 0 Å². The van der Waals surface area contributed by atoms with E-state index in [1.54, 1.807) is 0 Å². The molecule has 0 fully saturated rings. The Morgan fingerprint density at radius 2 is 0.521 bits per heavy atom. The lowest BCUT2D eigenvalue weighted by molar-refractivity contribution is -0.166. The summed E-state index contributed by atoms with van der Waals surface area (Å²) in [5, 5.41) is 0. The Morgan fingerprint density at radius 1 is 0.274 bits per heavy atom. The first-order chi connectivity index (χ1) is 36.0. The minimum Gasteiger partial charge on any atom is -0.462 e. The Labute approximate surface area is 452 Å². The van der Waals surface area contributed by atoms with Crippen LogP contribution in [0.25, 0.3) is 0 Å². The van der Waals surface area contributed by atoms with Crippen molar-refractivity contribution in [2.24, 2.45) is 0 Å². The number of allylic oxidation sites excluding steroid dienone is 14. The Morgan fingerprint density at radius 3 is 0.877 bits per heavy atom. The average molecular weight is 1020 g/mol. The largest absolute Gasteiger partial charge is 0.462 e. The third-order valence-electron chi connectivity index (χ3n) is 13.4. The zero-order valence-electron chi connectivity index (χ0n) is 48.1. The van der Waals surface area contributed by atoms with Gasteiger partial charge in [-0.2, -0.15) is 0 Å². The Bertz CT molecular complexity index is 1400. The van der Waals surface area contributed by atoms with Crippen LogP contribution in [-0.2, 0) is 28.6 Å². The van der Waals surface area contributed by atoms with Gasteiger partial charge in [0.15, 0.2) is 6.10 Å². The van der Waals surface area contributed by atoms with Crippen LogP contribution in [-0.4, -0.2) is 37.2 Å². The van der Waals surface area contributed by atoms with Gasteiger partial charge >= 0.3 is 17.9 Å². The Balaban J connectivity index is 4.47. The van der Waals surface area contributed by atoms with Crippen LogP contribution in [0.1, 0.15) is 303 Å². The minimum atomic E-state index is -0.808. The molecule has 1 atom stereocenters. The van der Waals surface area contributed by atoms with Gasteiger partial charge in [-0.05, 0) is 89.9 Å². The van der Waals surface area contributed by atoms with E-state index in [0.717, 1.165) is 70.6 Å². The highest BCUT2D eigenvalue weighted by Gasteiger charge is 2.19. The van der Waals surface area contributed by atoms with Crippen LogP contribution >= 0.6 is 0 Å². The minimum absolute atomic E-state index is 0.0994. The van der Waals surface area contributed by atoms with Gasteiger partial charge in [0.05, 0.1) is 0 Å². The third kappa shape index (κ3) is 59.3. The lowest BCUT2D eigenvalue weighted by Crippen LogP contribution is -2.30. The number of unbranched alkanes of at least 4 members (excludes halogenated alkanes) is 31. The van der Waals surface area contributed by atoms with Crippen molar-refractivity contribution in [1.29, 1.82) is 0 Å². The molecule has 0 aromatic rings. The fourth-order valence-corrected chi connectivity index (χ4v) is 8.69. The highest BCUT2D eigenvalue weighted by atomic mass is 16.6. The fraction of sp³-hybridized carbons (Fsp3) is 0.746. The van der Waals surface area contributed by atoms with Gasteiger partial charge in [-0.15, -0.1) is 0 Å². The second-order valence-electron chi connectivity index (χ2n) is 20.6. The molecule has 0 radical (unpaired) electrons. The molecule has 0 aliphatic heterocycles. The summed E-state index contributed by atoms with van der Waals surface area (Å²) in [5.41, 5.74) is 0. The standard InChI is InChI=1S/C67H116O6/c1-4-7-10-13-16-19-22-25-28-31-33-36-38-41-44-47-50-53-56-59-65(68)71-62-64(73-67(70)61-58-55-52-49-46-43-40-35-30-27-24-21-18-15-12-9-6-3)63-72-66(69)60-57-54-51-48-45-42-39-37-34-32-29-26-23-20-17-14-11-8-5-2/h16-17,19-20,25-26,28-29,33,36,41,44,50,53,64H,4-15,18,21-24,27,30-32,34-35,37-40,42-43,45-49,51-52,54-63H2,1-3H3/b19-16-,20-17-,28-25-,29-26-,36-33-,44-41-,53-50-/t64-/m1/s1. The van der Waals surface area contributed by atoms with Gasteiger partial charge in [0.1, 0.15) is 13.2 Å². The van der Waals surface area contributed by atoms with Crippen molar-refractivity contribution in [2.75, 3.05) is 13.2 Å². The SMILES string of the molecule is CCCCC/C=C\C/C=C\C/C=C\C/C=C\C/C=C\CCC(=O)OC[C@H](COC(=O)CCCCCCCCCCC/C=C\C/C=C\CCCCC)OC(=O)CCCCCCCCCCCCCCCCCCC. The zero-order valence-corrected chi connectivity index (χ0v) is 48.1. The van der Waals surface area contributed by atoms with E-state index >= 15 is 0 Å². The van der Waals surface area contributed by atoms with Crippen LogP contribution in [0.15, 0.2) is 85.1 Å². The number of hydrogen-bond donors (Lipinski definition) is 0. The summed E-state index contributed by atoms with van der Waals surface area (Å²) in [7, 11) is 0. The van der Waals surface area contributed by atoms with Crippen molar-refractivity contribution in [3.63, 3.8) is 0 Å². The smallest absolute Gasteiger partial charge is 0.306 e. The predicted octanol–water partition coefficient (Wildman–Crippen LogP) is 21.1. The molecule has 0 spiro atoms. The number of carbonyl (C=O) groups excluding carboxylic acids is 3. The molecule has 0 unspecified atom stereocenters. The molecule has 0 aromatic carbocycles. The van der Waals surface area contributed by atoms with Gasteiger partial charge in [-0.1, -0.05) is 279 Å². The summed E-state index contributed by atoms with van der Waals surface area (Å²) >= 11 is 0. The van der Waals surface area contributed by atoms with E-state index in [1.807, 2.05) is 6.08 Å². The fourth-order valence-electron chi connectivity index (χ4n) is 8.69. The maximum Gasteiger partial charge on any atom is 0.306 e. The molecule has 0 aliphatic carbocycles. The van der Waals surface area contributed by atoms with E-state index in [1.165, 1.54) is 186 Å². The molecule has 0 N–H and O–H groups in total. The molecular weight excluding hydrogens is 901 g/mol. The lowest BCUT2D eigenvalue weighted by atomic mass is 10.0. The maximum atomic E-state index is 12.9. The molecule has 0 aliphatic rings. The van der Waals surface area contributed by atoms with E-state index in [9.17, 15) is 14.4 Å². The molecule has 0 amide bonds. The summed E-state index contributed by atoms with van der Waals surface area (Å²) in [6.45, 7) is 6.55. The second kappa shape index (κ2) is 61.1. The van der Waals surface area contributed by atoms with Gasteiger partial charge in [-0.25, -0.2) is 0 Å². The molecule has 0 rings (SSSR count). The summed E-state index contributed by atoms with van der Waals surface area (Å²) < 4.78 is 16.9. The molecule has 73 heavy (non-hydrogen) atoms. The molecule has 0 bridgehead atoms. The van der Waals surface area contributed by atoms with E-state index in [0.29, 0.717) is 19.3 Å². The topological polar surface area (TPSA) is 78.9 Å². The average Bonchev–Trinajstić information content (AvgIpc) is 3.39. The van der Waals surface area contributed by atoms with Gasteiger partial charge in [0.2, 0.25) is 0 Å². The van der Waals surface area contributed by atoms with Crippen LogP contribution in [0, 0.1) is 0 Å². The van der Waals surface area contributed by atoms with Crippen LogP contribution in [0.4, 0.5) is 0 Å². The monoisotopic (exact) mass is 1020 g/mol. The highest BCUT2D eigenvalue weighted by molar-refractivity contribution is 5.71. The van der Waals surface area contributed by atoms with E-state index in [2.05, 4.69) is 99.8 Å². The quantitative estimate of drug-likeness (QED) is 0.0261. The van der Waals surface area contributed by atoms with E-state index in [4.69, 9.17) is 14.2 Å². The number of ether oxygens (including phenoxy) is 3. The molecule has 0 heterocycles. The zero-order chi connectivity index (χ0) is 52.9. The number of hydrogen-bond acceptors (Lipinski definition) is 6.